The fraction of sp³-hybridized carbons (Fsp3) is 0.464. The molecule has 4 aliphatic rings. The lowest BCUT2D eigenvalue weighted by molar-refractivity contribution is -0.165. The summed E-state index contributed by atoms with van der Waals surface area (Å²) in [7, 11) is 0. The monoisotopic (exact) mass is 568 g/mol. The van der Waals surface area contributed by atoms with E-state index in [-0.39, 0.29) is 42.3 Å². The van der Waals surface area contributed by atoms with E-state index in [0.29, 0.717) is 43.2 Å². The number of nitrogens with one attached hydrogen (secondary N) is 1. The van der Waals surface area contributed by atoms with Gasteiger partial charge in [0.25, 0.3) is 0 Å². The van der Waals surface area contributed by atoms with Gasteiger partial charge in [-0.2, -0.15) is 13.2 Å². The fourth-order valence-electron chi connectivity index (χ4n) is 5.74. The van der Waals surface area contributed by atoms with Crippen LogP contribution in [0, 0.1) is 5.92 Å². The molecule has 0 unspecified atom stereocenters. The zero-order valence-electron chi connectivity index (χ0n) is 22.2. The molecule has 1 aromatic carbocycles. The highest BCUT2D eigenvalue weighted by Gasteiger charge is 2.67. The number of amides is 3. The summed E-state index contributed by atoms with van der Waals surface area (Å²) in [6.07, 6.45) is -0.0348. The number of benzene rings is 1. The van der Waals surface area contributed by atoms with Gasteiger partial charge in [0.2, 0.25) is 11.8 Å². The molecule has 10 nitrogen and oxygen atoms in total. The minimum absolute atomic E-state index is 0.0140. The quantitative estimate of drug-likeness (QED) is 0.454. The lowest BCUT2D eigenvalue weighted by Crippen LogP contribution is -2.43. The molecule has 3 aromatic rings. The van der Waals surface area contributed by atoms with Crippen molar-refractivity contribution in [3.63, 3.8) is 0 Å². The second-order valence-electron chi connectivity index (χ2n) is 11.3. The number of rotatable bonds is 5. The maximum absolute atomic E-state index is 13.4. The third-order valence-corrected chi connectivity index (χ3v) is 8.47. The molecule has 0 saturated heterocycles. The van der Waals surface area contributed by atoms with Gasteiger partial charge >= 0.3 is 12.2 Å². The third-order valence-electron chi connectivity index (χ3n) is 8.47. The van der Waals surface area contributed by atoms with Crippen LogP contribution < -0.4 is 15.0 Å². The summed E-state index contributed by atoms with van der Waals surface area (Å²) in [5.41, 5.74) is 1.20. The summed E-state index contributed by atoms with van der Waals surface area (Å²) in [4.78, 5) is 37.8. The number of fused-ring (bicyclic) bond motifs is 2. The van der Waals surface area contributed by atoms with Crippen LogP contribution in [0.5, 0.6) is 11.6 Å². The van der Waals surface area contributed by atoms with Crippen LogP contribution >= 0.6 is 0 Å². The predicted octanol–water partition coefficient (Wildman–Crippen LogP) is 5.13. The zero-order chi connectivity index (χ0) is 28.5. The Morgan fingerprint density at radius 2 is 1.98 bits per heavy atom. The molecular weight excluding hydrogens is 541 g/mol. The van der Waals surface area contributed by atoms with Crippen LogP contribution in [0.4, 0.5) is 29.5 Å². The first kappa shape index (κ1) is 25.8. The summed E-state index contributed by atoms with van der Waals surface area (Å²) in [5.74, 6) is 0.985. The van der Waals surface area contributed by atoms with Crippen molar-refractivity contribution in [2.45, 2.75) is 69.6 Å². The maximum Gasteiger partial charge on any atom is 0.401 e. The number of halogens is 3. The predicted molar refractivity (Wildman–Crippen MR) is 139 cm³/mol. The Morgan fingerprint density at radius 3 is 2.71 bits per heavy atom. The molecule has 2 aliphatic heterocycles. The van der Waals surface area contributed by atoms with E-state index in [9.17, 15) is 22.8 Å². The van der Waals surface area contributed by atoms with Gasteiger partial charge < -0.3 is 14.2 Å². The normalized spacial score (nSPS) is 20.8. The van der Waals surface area contributed by atoms with E-state index in [4.69, 9.17) is 9.26 Å². The lowest BCUT2D eigenvalue weighted by atomic mass is 9.99. The minimum atomic E-state index is -4.43. The average Bonchev–Trinajstić information content (AvgIpc) is 3.86. The van der Waals surface area contributed by atoms with Gasteiger partial charge in [0.05, 0.1) is 12.2 Å². The topological polar surface area (TPSA) is 114 Å². The van der Waals surface area contributed by atoms with Crippen LogP contribution in [0.1, 0.15) is 55.2 Å². The third kappa shape index (κ3) is 4.47. The second-order valence-corrected chi connectivity index (χ2v) is 11.3. The van der Waals surface area contributed by atoms with Gasteiger partial charge in [-0.25, -0.2) is 14.8 Å². The van der Waals surface area contributed by atoms with Crippen molar-refractivity contribution in [2.75, 3.05) is 16.8 Å². The van der Waals surface area contributed by atoms with Gasteiger partial charge in [-0.3, -0.25) is 15.0 Å². The van der Waals surface area contributed by atoms with Crippen molar-refractivity contribution in [1.29, 1.82) is 0 Å². The Bertz CT molecular complexity index is 1550. The Balaban J connectivity index is 1.04. The Kier molecular flexibility index (Phi) is 5.77. The smallest absolute Gasteiger partial charge is 0.401 e. The zero-order valence-corrected chi connectivity index (χ0v) is 22.2. The number of anilines is 2. The Morgan fingerprint density at radius 1 is 1.17 bits per heavy atom. The van der Waals surface area contributed by atoms with E-state index < -0.39 is 17.6 Å². The van der Waals surface area contributed by atoms with Crippen molar-refractivity contribution >= 4 is 23.4 Å². The van der Waals surface area contributed by atoms with Crippen LogP contribution in [0.25, 0.3) is 0 Å². The first-order valence-electron chi connectivity index (χ1n) is 13.7. The number of carbonyl (C=O) groups excluding carboxylic acids is 2. The molecule has 214 valence electrons. The Labute approximate surface area is 232 Å². The van der Waals surface area contributed by atoms with E-state index >= 15 is 0 Å². The molecule has 2 aromatic heterocycles. The second kappa shape index (κ2) is 9.18. The molecule has 7 rings (SSSR count). The number of nitrogens with zero attached hydrogens (tertiary/aromatic N) is 5. The highest BCUT2D eigenvalue weighted by Crippen LogP contribution is 2.59. The maximum atomic E-state index is 13.4. The molecule has 0 radical (unpaired) electrons. The minimum Gasteiger partial charge on any atom is -0.439 e. The number of ether oxygens (including phenoxy) is 1. The largest absolute Gasteiger partial charge is 0.439 e. The number of carbonyl (C=O) groups is 2. The van der Waals surface area contributed by atoms with Gasteiger partial charge in [0.1, 0.15) is 17.5 Å². The highest BCUT2D eigenvalue weighted by molar-refractivity contribution is 6.02. The lowest BCUT2D eigenvalue weighted by Gasteiger charge is -2.34. The van der Waals surface area contributed by atoms with Gasteiger partial charge in [0.15, 0.2) is 11.6 Å². The standard InChI is InChI=1S/C28H27F3N6O4/c1-15-10-19-20(13-37(15)25(38)16-2-3-16)32-14-33-24(19)40-18-4-5-21-17(11-18)6-9-36(21)26(39)34-23-12-22(41-35-23)27(7-8-27)28(29,30)31/h4-5,11-12,14-16H,2-3,6-10,13H2,1H3,(H,34,35,39)/t15-/m0/s1. The molecule has 0 spiro atoms. The van der Waals surface area contributed by atoms with Gasteiger partial charge in [0, 0.05) is 35.8 Å². The number of alkyl halides is 3. The Hall–Kier alpha value is -4.16. The molecule has 13 heteroatoms. The molecule has 0 bridgehead atoms. The van der Waals surface area contributed by atoms with Crippen LogP contribution in [0.15, 0.2) is 35.1 Å². The molecule has 4 heterocycles. The van der Waals surface area contributed by atoms with Crippen molar-refractivity contribution in [2.24, 2.45) is 5.92 Å². The highest BCUT2D eigenvalue weighted by atomic mass is 19.4. The SMILES string of the molecule is C[C@H]1Cc2c(ncnc2Oc2ccc3c(c2)CCN3C(=O)Nc2cc(C3(C(F)(F)F)CC3)on2)CN1C(=O)C1CC1. The first-order valence-corrected chi connectivity index (χ1v) is 13.7. The fourth-order valence-corrected chi connectivity index (χ4v) is 5.74. The van der Waals surface area contributed by atoms with Crippen molar-refractivity contribution in [1.82, 2.24) is 20.0 Å². The van der Waals surface area contributed by atoms with Crippen LogP contribution in [-0.2, 0) is 29.6 Å². The van der Waals surface area contributed by atoms with Crippen LogP contribution in [-0.4, -0.2) is 50.7 Å². The van der Waals surface area contributed by atoms with Crippen LogP contribution in [0.3, 0.4) is 0 Å². The van der Waals surface area contributed by atoms with E-state index in [1.807, 2.05) is 17.9 Å². The van der Waals surface area contributed by atoms with E-state index in [1.54, 1.807) is 12.1 Å². The summed E-state index contributed by atoms with van der Waals surface area (Å²) in [5, 5.41) is 6.19. The van der Waals surface area contributed by atoms with E-state index in [1.165, 1.54) is 11.2 Å². The van der Waals surface area contributed by atoms with E-state index in [2.05, 4.69) is 20.4 Å². The first-order chi connectivity index (χ1) is 19.6. The summed E-state index contributed by atoms with van der Waals surface area (Å²) >= 11 is 0. The van der Waals surface area contributed by atoms with Crippen molar-refractivity contribution in [3.8, 4) is 11.6 Å². The molecule has 41 heavy (non-hydrogen) atoms. The van der Waals surface area contributed by atoms with E-state index in [0.717, 1.165) is 35.7 Å². The molecule has 1 N–H and O–H groups in total. The molecule has 1 atom stereocenters. The number of hydrogen-bond acceptors (Lipinski definition) is 7. The van der Waals surface area contributed by atoms with Crippen molar-refractivity contribution < 1.29 is 32.0 Å². The molecule has 2 saturated carbocycles. The summed E-state index contributed by atoms with van der Waals surface area (Å²) in [6.45, 7) is 2.84. The van der Waals surface area contributed by atoms with Crippen molar-refractivity contribution in [3.05, 3.63) is 53.2 Å². The molecule has 2 fully saturated rings. The van der Waals surface area contributed by atoms with Crippen LogP contribution in [0.2, 0.25) is 0 Å². The average molecular weight is 569 g/mol. The number of aromatic nitrogens is 3. The summed E-state index contributed by atoms with van der Waals surface area (Å²) < 4.78 is 51.3. The molecular formula is C28H27F3N6O4. The summed E-state index contributed by atoms with van der Waals surface area (Å²) in [6, 6.07) is 6.00. The van der Waals surface area contributed by atoms with Gasteiger partial charge in [-0.05, 0) is 69.2 Å². The van der Waals surface area contributed by atoms with Gasteiger partial charge in [-0.15, -0.1) is 0 Å². The molecule has 2 aliphatic carbocycles. The number of urea groups is 1. The molecule has 3 amide bonds. The number of hydrogen-bond donors (Lipinski definition) is 1. The van der Waals surface area contributed by atoms with Gasteiger partial charge in [-0.1, -0.05) is 5.16 Å².